The molecule has 1 N–H and O–H groups in total. The summed E-state index contributed by atoms with van der Waals surface area (Å²) in [7, 11) is 0. The first-order valence-electron chi connectivity index (χ1n) is 5.78. The Morgan fingerprint density at radius 2 is 1.94 bits per heavy atom. The summed E-state index contributed by atoms with van der Waals surface area (Å²) in [6, 6.07) is 0. The van der Waals surface area contributed by atoms with E-state index in [9.17, 15) is 5.11 Å². The molecule has 1 unspecified atom stereocenters. The number of phenolic OH excluding ortho intramolecular Hbond substituents is 1. The van der Waals surface area contributed by atoms with Crippen molar-refractivity contribution >= 4 is 23.4 Å². The van der Waals surface area contributed by atoms with Crippen LogP contribution in [0.5, 0.6) is 11.5 Å². The van der Waals surface area contributed by atoms with Crippen LogP contribution in [-0.4, -0.2) is 16.4 Å². The Morgan fingerprint density at radius 3 is 2.59 bits per heavy atom. The van der Waals surface area contributed by atoms with E-state index in [-0.39, 0.29) is 5.44 Å². The van der Waals surface area contributed by atoms with E-state index in [1.165, 1.54) is 0 Å². The van der Waals surface area contributed by atoms with Crippen LogP contribution in [0.3, 0.4) is 0 Å². The number of rotatable bonds is 3. The molecular weight excluding hydrogens is 256 g/mol. The van der Waals surface area contributed by atoms with Gasteiger partial charge in [0, 0.05) is 11.4 Å². The third kappa shape index (κ3) is 2.23. The lowest BCUT2D eigenvalue weighted by Gasteiger charge is -2.12. The van der Waals surface area contributed by atoms with Crippen LogP contribution in [0.2, 0.25) is 0 Å². The van der Waals surface area contributed by atoms with Gasteiger partial charge in [0.05, 0.1) is 4.90 Å². The van der Waals surface area contributed by atoms with E-state index >= 15 is 0 Å². The van der Waals surface area contributed by atoms with Crippen LogP contribution in [-0.2, 0) is 0 Å². The normalized spacial score (nSPS) is 18.0. The number of fused-ring (bicyclic) bond motifs is 1. The maximum atomic E-state index is 10.0. The van der Waals surface area contributed by atoms with E-state index in [0.29, 0.717) is 11.6 Å². The average molecular weight is 273 g/mol. The molecule has 0 saturated carbocycles. The van der Waals surface area contributed by atoms with Crippen LogP contribution in [0, 0.1) is 20.8 Å². The minimum Gasteiger partial charge on any atom is -0.507 e. The number of aromatic hydroxyl groups is 1. The predicted octanol–water partition coefficient (Wildman–Crippen LogP) is 4.15. The highest BCUT2D eigenvalue weighted by Crippen LogP contribution is 2.50. The van der Waals surface area contributed by atoms with Crippen LogP contribution in [0.25, 0.3) is 0 Å². The van der Waals surface area contributed by atoms with Gasteiger partial charge in [-0.2, -0.15) is 0 Å². The minimum absolute atomic E-state index is 0.141. The van der Waals surface area contributed by atoms with E-state index in [1.54, 1.807) is 11.8 Å². The van der Waals surface area contributed by atoms with Gasteiger partial charge in [0.25, 0.3) is 0 Å². The minimum atomic E-state index is 0.141. The van der Waals surface area contributed by atoms with E-state index in [0.717, 1.165) is 40.2 Å². The summed E-state index contributed by atoms with van der Waals surface area (Å²) < 4.78 is 5.95. The zero-order valence-electron chi connectivity index (χ0n) is 10.3. The second-order valence-electron chi connectivity index (χ2n) is 4.38. The molecule has 1 aliphatic heterocycles. The van der Waals surface area contributed by atoms with Crippen molar-refractivity contribution in [3.05, 3.63) is 16.7 Å². The Bertz CT molecular complexity index is 409. The first-order chi connectivity index (χ1) is 8.06. The largest absolute Gasteiger partial charge is 0.507 e. The Labute approximate surface area is 111 Å². The molecule has 0 spiro atoms. The lowest BCUT2D eigenvalue weighted by molar-refractivity contribution is 0.280. The van der Waals surface area contributed by atoms with Crippen molar-refractivity contribution in [2.45, 2.75) is 43.9 Å². The number of halogens is 1. The number of hydrogen-bond donors (Lipinski definition) is 1. The van der Waals surface area contributed by atoms with Gasteiger partial charge < -0.3 is 9.84 Å². The van der Waals surface area contributed by atoms with Gasteiger partial charge in [-0.25, -0.2) is 0 Å². The third-order valence-electron chi connectivity index (χ3n) is 3.23. The van der Waals surface area contributed by atoms with Crippen molar-refractivity contribution in [3.63, 3.8) is 0 Å². The lowest BCUT2D eigenvalue weighted by Crippen LogP contribution is -2.07. The summed E-state index contributed by atoms with van der Waals surface area (Å²) in [5.74, 6) is 2.01. The number of benzene rings is 1. The molecule has 0 saturated heterocycles. The molecule has 1 aliphatic rings. The molecule has 4 heteroatoms. The topological polar surface area (TPSA) is 29.5 Å². The van der Waals surface area contributed by atoms with Crippen molar-refractivity contribution < 1.29 is 9.84 Å². The number of thioether (sulfide) groups is 1. The molecule has 94 valence electrons. The molecule has 0 bridgehead atoms. The van der Waals surface area contributed by atoms with Gasteiger partial charge in [0.2, 0.25) is 0 Å². The van der Waals surface area contributed by atoms with E-state index in [1.807, 2.05) is 20.8 Å². The fourth-order valence-corrected chi connectivity index (χ4v) is 3.44. The molecule has 2 nitrogen and oxygen atoms in total. The molecule has 1 aromatic rings. The van der Waals surface area contributed by atoms with Gasteiger partial charge in [-0.3, -0.25) is 0 Å². The van der Waals surface area contributed by atoms with Gasteiger partial charge >= 0.3 is 0 Å². The second-order valence-corrected chi connectivity index (χ2v) is 5.93. The zero-order chi connectivity index (χ0) is 12.6. The number of phenols is 1. The maximum Gasteiger partial charge on any atom is 0.149 e. The van der Waals surface area contributed by atoms with Crippen LogP contribution in [0.4, 0.5) is 0 Å². The molecule has 0 aromatic heterocycles. The molecule has 0 aliphatic carbocycles. The smallest absolute Gasteiger partial charge is 0.149 e. The fourth-order valence-electron chi connectivity index (χ4n) is 2.01. The standard InChI is InChI=1S/C13H17ClO2S/c1-7-8(2)12-13(9(3)11(7)15)17-10(16-12)5-4-6-14/h10,15H,4-6H2,1-3H3. The van der Waals surface area contributed by atoms with Crippen molar-refractivity contribution in [2.75, 3.05) is 5.88 Å². The predicted molar refractivity (Wildman–Crippen MR) is 72.5 cm³/mol. The molecular formula is C13H17ClO2S. The summed E-state index contributed by atoms with van der Waals surface area (Å²) in [5.41, 5.74) is 3.03. The van der Waals surface area contributed by atoms with Gasteiger partial charge in [-0.05, 0) is 44.7 Å². The van der Waals surface area contributed by atoms with E-state index in [4.69, 9.17) is 16.3 Å². The monoisotopic (exact) mass is 272 g/mol. The van der Waals surface area contributed by atoms with Gasteiger partial charge in [-0.15, -0.1) is 11.6 Å². The number of ether oxygens (including phenoxy) is 1. The van der Waals surface area contributed by atoms with Gasteiger partial charge in [0.15, 0.2) is 0 Å². The van der Waals surface area contributed by atoms with Crippen LogP contribution in [0.1, 0.15) is 29.5 Å². The van der Waals surface area contributed by atoms with Crippen LogP contribution < -0.4 is 4.74 Å². The van der Waals surface area contributed by atoms with Gasteiger partial charge in [-0.1, -0.05) is 11.8 Å². The molecule has 0 fully saturated rings. The first kappa shape index (κ1) is 12.9. The lowest BCUT2D eigenvalue weighted by atomic mass is 10.0. The molecule has 17 heavy (non-hydrogen) atoms. The van der Waals surface area contributed by atoms with Crippen molar-refractivity contribution in [2.24, 2.45) is 0 Å². The summed E-state index contributed by atoms with van der Waals surface area (Å²) >= 11 is 7.40. The third-order valence-corrected chi connectivity index (χ3v) is 4.82. The van der Waals surface area contributed by atoms with Crippen LogP contribution >= 0.6 is 23.4 Å². The van der Waals surface area contributed by atoms with E-state index < -0.39 is 0 Å². The maximum absolute atomic E-state index is 10.0. The summed E-state index contributed by atoms with van der Waals surface area (Å²) in [6.07, 6.45) is 1.90. The highest BCUT2D eigenvalue weighted by molar-refractivity contribution is 8.00. The molecule has 0 radical (unpaired) electrons. The Morgan fingerprint density at radius 1 is 1.24 bits per heavy atom. The molecule has 0 amide bonds. The Balaban J connectivity index is 2.32. The number of hydrogen-bond acceptors (Lipinski definition) is 3. The van der Waals surface area contributed by atoms with Crippen molar-refractivity contribution in [1.82, 2.24) is 0 Å². The Kier molecular flexibility index (Phi) is 3.79. The quantitative estimate of drug-likeness (QED) is 0.839. The summed E-state index contributed by atoms with van der Waals surface area (Å²) in [4.78, 5) is 1.09. The summed E-state index contributed by atoms with van der Waals surface area (Å²) in [5, 5.41) is 10.0. The van der Waals surface area contributed by atoms with Gasteiger partial charge in [0.1, 0.15) is 16.9 Å². The summed E-state index contributed by atoms with van der Waals surface area (Å²) in [6.45, 7) is 5.87. The SMILES string of the molecule is Cc1c(C)c2c(c(C)c1O)SC(CCCCl)O2. The van der Waals surface area contributed by atoms with Crippen molar-refractivity contribution in [3.8, 4) is 11.5 Å². The zero-order valence-corrected chi connectivity index (χ0v) is 11.9. The Hall–Kier alpha value is -0.540. The van der Waals surface area contributed by atoms with E-state index in [2.05, 4.69) is 0 Å². The highest BCUT2D eigenvalue weighted by atomic mass is 35.5. The van der Waals surface area contributed by atoms with Crippen molar-refractivity contribution in [1.29, 1.82) is 0 Å². The molecule has 1 aromatic carbocycles. The molecule has 1 heterocycles. The molecule has 1 atom stereocenters. The highest BCUT2D eigenvalue weighted by Gasteiger charge is 2.29. The average Bonchev–Trinajstić information content (AvgIpc) is 2.75. The second kappa shape index (κ2) is 4.99. The first-order valence-corrected chi connectivity index (χ1v) is 7.19. The van der Waals surface area contributed by atoms with Crippen LogP contribution in [0.15, 0.2) is 4.90 Å². The number of alkyl halides is 1. The fraction of sp³-hybridized carbons (Fsp3) is 0.538. The molecule has 2 rings (SSSR count).